The zero-order valence-electron chi connectivity index (χ0n) is 11.0. The van der Waals surface area contributed by atoms with Gasteiger partial charge >= 0.3 is 0 Å². The van der Waals surface area contributed by atoms with E-state index in [1.54, 1.807) is 0 Å². The summed E-state index contributed by atoms with van der Waals surface area (Å²) in [4.78, 5) is 12.8. The molecule has 0 bridgehead atoms. The number of hydrogen-bond acceptors (Lipinski definition) is 2. The molecule has 3 rings (SSSR count). The molecular formula is C17H17NO. The minimum absolute atomic E-state index is 0.191. The van der Waals surface area contributed by atoms with Crippen molar-refractivity contribution in [3.8, 4) is 0 Å². The number of carbonyl (C=O) groups is 1. The molecule has 0 saturated heterocycles. The third kappa shape index (κ3) is 1.75. The van der Waals surface area contributed by atoms with Gasteiger partial charge in [-0.25, -0.2) is 0 Å². The molecule has 2 aromatic carbocycles. The lowest BCUT2D eigenvalue weighted by Gasteiger charge is -2.28. The summed E-state index contributed by atoms with van der Waals surface area (Å²) in [5.74, 6) is 0.191. The molecule has 1 atom stereocenters. The van der Waals surface area contributed by atoms with E-state index in [4.69, 9.17) is 0 Å². The summed E-state index contributed by atoms with van der Waals surface area (Å²) in [6.45, 7) is 2.11. The van der Waals surface area contributed by atoms with Crippen LogP contribution in [-0.2, 0) is 5.54 Å². The van der Waals surface area contributed by atoms with Gasteiger partial charge in [0.05, 0.1) is 0 Å². The van der Waals surface area contributed by atoms with Gasteiger partial charge in [0.15, 0.2) is 5.78 Å². The lowest BCUT2D eigenvalue weighted by Crippen LogP contribution is -2.38. The molecular weight excluding hydrogens is 234 g/mol. The second kappa shape index (κ2) is 4.54. The highest BCUT2D eigenvalue weighted by atomic mass is 16.1. The molecule has 2 heteroatoms. The maximum absolute atomic E-state index is 12.8. The minimum Gasteiger partial charge on any atom is -0.368 e. The molecule has 0 aromatic heterocycles. The number of rotatable bonds is 3. The highest BCUT2D eigenvalue weighted by molar-refractivity contribution is 6.13. The molecule has 0 saturated carbocycles. The summed E-state index contributed by atoms with van der Waals surface area (Å²) in [7, 11) is 0. The van der Waals surface area contributed by atoms with Gasteiger partial charge in [-0.2, -0.15) is 0 Å². The van der Waals surface area contributed by atoms with Crippen molar-refractivity contribution in [3.05, 3.63) is 65.7 Å². The maximum atomic E-state index is 12.8. The number of fused-ring (bicyclic) bond motifs is 1. The molecule has 1 N–H and O–H groups in total. The Hall–Kier alpha value is -2.09. The van der Waals surface area contributed by atoms with Gasteiger partial charge in [0, 0.05) is 11.3 Å². The lowest BCUT2D eigenvalue weighted by molar-refractivity contribution is 0.0909. The summed E-state index contributed by atoms with van der Waals surface area (Å²) in [6.07, 6.45) is 1.77. The van der Waals surface area contributed by atoms with Gasteiger partial charge in [-0.3, -0.25) is 4.79 Å². The summed E-state index contributed by atoms with van der Waals surface area (Å²) in [6, 6.07) is 17.8. The van der Waals surface area contributed by atoms with Crippen LogP contribution in [0.3, 0.4) is 0 Å². The van der Waals surface area contributed by atoms with Gasteiger partial charge < -0.3 is 5.32 Å². The van der Waals surface area contributed by atoms with Crippen LogP contribution in [0.1, 0.15) is 35.7 Å². The molecule has 0 radical (unpaired) electrons. The number of nitrogens with one attached hydrogen (secondary N) is 1. The number of para-hydroxylation sites is 1. The van der Waals surface area contributed by atoms with Crippen LogP contribution in [0, 0.1) is 0 Å². The van der Waals surface area contributed by atoms with Crippen molar-refractivity contribution in [3.63, 3.8) is 0 Å². The van der Waals surface area contributed by atoms with Crippen molar-refractivity contribution < 1.29 is 4.79 Å². The molecule has 1 aliphatic heterocycles. The lowest BCUT2D eigenvalue weighted by atomic mass is 9.82. The predicted octanol–water partition coefficient (Wildman–Crippen LogP) is 3.99. The summed E-state index contributed by atoms with van der Waals surface area (Å²) in [5, 5.41) is 3.47. The molecule has 2 nitrogen and oxygen atoms in total. The van der Waals surface area contributed by atoms with Crippen molar-refractivity contribution >= 4 is 11.5 Å². The van der Waals surface area contributed by atoms with Gasteiger partial charge in [0.25, 0.3) is 0 Å². The molecule has 0 fully saturated rings. The zero-order chi connectivity index (χ0) is 13.3. The fraction of sp³-hybridized carbons (Fsp3) is 0.235. The van der Waals surface area contributed by atoms with E-state index >= 15 is 0 Å². The van der Waals surface area contributed by atoms with Crippen LogP contribution in [0.2, 0.25) is 0 Å². The first-order valence-corrected chi connectivity index (χ1v) is 6.75. The van der Waals surface area contributed by atoms with Gasteiger partial charge in [-0.05, 0) is 24.1 Å². The van der Waals surface area contributed by atoms with E-state index in [1.165, 1.54) is 0 Å². The van der Waals surface area contributed by atoms with Crippen LogP contribution in [0.4, 0.5) is 5.69 Å². The van der Waals surface area contributed by atoms with Crippen LogP contribution < -0.4 is 5.32 Å². The molecule has 19 heavy (non-hydrogen) atoms. The van der Waals surface area contributed by atoms with E-state index in [2.05, 4.69) is 12.2 Å². The summed E-state index contributed by atoms with van der Waals surface area (Å²) >= 11 is 0. The minimum atomic E-state index is -0.584. The van der Waals surface area contributed by atoms with Crippen molar-refractivity contribution in [2.24, 2.45) is 0 Å². The third-order valence-corrected chi connectivity index (χ3v) is 3.80. The van der Waals surface area contributed by atoms with Crippen molar-refractivity contribution in [1.29, 1.82) is 0 Å². The third-order valence-electron chi connectivity index (χ3n) is 3.80. The average molecular weight is 251 g/mol. The molecule has 0 aliphatic carbocycles. The Morgan fingerprint density at radius 1 is 1.00 bits per heavy atom. The molecule has 0 amide bonds. The number of ketones is 1. The number of hydrogen-bond donors (Lipinski definition) is 1. The topological polar surface area (TPSA) is 29.1 Å². The SMILES string of the molecule is CCCC1(c2ccccc2)Nc2ccccc2C1=O. The number of benzene rings is 2. The van der Waals surface area contributed by atoms with E-state index in [-0.39, 0.29) is 5.78 Å². The van der Waals surface area contributed by atoms with Crippen LogP contribution in [0.15, 0.2) is 54.6 Å². The first-order chi connectivity index (χ1) is 9.28. The predicted molar refractivity (Wildman–Crippen MR) is 77.4 cm³/mol. The summed E-state index contributed by atoms with van der Waals surface area (Å²) < 4.78 is 0. The van der Waals surface area contributed by atoms with Gasteiger partial charge in [-0.15, -0.1) is 0 Å². The Bertz CT molecular complexity index is 606. The molecule has 2 aromatic rings. The van der Waals surface area contributed by atoms with Crippen molar-refractivity contribution in [2.45, 2.75) is 25.3 Å². The second-order valence-corrected chi connectivity index (χ2v) is 5.02. The Morgan fingerprint density at radius 2 is 1.68 bits per heavy atom. The van der Waals surface area contributed by atoms with E-state index in [1.807, 2.05) is 54.6 Å². The van der Waals surface area contributed by atoms with E-state index in [9.17, 15) is 4.79 Å². The quantitative estimate of drug-likeness (QED) is 0.893. The van der Waals surface area contributed by atoms with Crippen LogP contribution in [0.25, 0.3) is 0 Å². The monoisotopic (exact) mass is 251 g/mol. The van der Waals surface area contributed by atoms with E-state index in [0.717, 1.165) is 29.7 Å². The number of carbonyl (C=O) groups excluding carboxylic acids is 1. The molecule has 0 spiro atoms. The molecule has 1 heterocycles. The van der Waals surface area contributed by atoms with E-state index < -0.39 is 5.54 Å². The van der Waals surface area contributed by atoms with Gasteiger partial charge in [0.2, 0.25) is 0 Å². The van der Waals surface area contributed by atoms with Gasteiger partial charge in [0.1, 0.15) is 5.54 Å². The smallest absolute Gasteiger partial charge is 0.194 e. The van der Waals surface area contributed by atoms with E-state index in [0.29, 0.717) is 0 Å². The Morgan fingerprint density at radius 3 is 2.37 bits per heavy atom. The zero-order valence-corrected chi connectivity index (χ0v) is 11.0. The Balaban J connectivity index is 2.13. The van der Waals surface area contributed by atoms with Crippen LogP contribution in [-0.4, -0.2) is 5.78 Å². The van der Waals surface area contributed by atoms with Crippen LogP contribution in [0.5, 0.6) is 0 Å². The molecule has 1 unspecified atom stereocenters. The fourth-order valence-electron chi connectivity index (χ4n) is 2.93. The van der Waals surface area contributed by atoms with Gasteiger partial charge in [-0.1, -0.05) is 55.8 Å². The van der Waals surface area contributed by atoms with Crippen molar-refractivity contribution in [2.75, 3.05) is 5.32 Å². The van der Waals surface area contributed by atoms with Crippen molar-refractivity contribution in [1.82, 2.24) is 0 Å². The first-order valence-electron chi connectivity index (χ1n) is 6.75. The Kier molecular flexibility index (Phi) is 2.86. The fourth-order valence-corrected chi connectivity index (χ4v) is 2.93. The second-order valence-electron chi connectivity index (χ2n) is 5.02. The standard InChI is InChI=1S/C17H17NO/c1-2-12-17(13-8-4-3-5-9-13)16(19)14-10-6-7-11-15(14)18-17/h3-11,18H,2,12H2,1H3. The summed E-state index contributed by atoms with van der Waals surface area (Å²) in [5.41, 5.74) is 2.22. The number of anilines is 1. The highest BCUT2D eigenvalue weighted by Crippen LogP contribution is 2.41. The molecule has 96 valence electrons. The largest absolute Gasteiger partial charge is 0.368 e. The Labute approximate surface area is 113 Å². The maximum Gasteiger partial charge on any atom is 0.194 e. The first kappa shape index (κ1) is 12.0. The number of Topliss-reactive ketones (excluding diaryl/α,β-unsaturated/α-hetero) is 1. The highest BCUT2D eigenvalue weighted by Gasteiger charge is 2.45. The molecule has 1 aliphatic rings. The average Bonchev–Trinajstić information content (AvgIpc) is 2.75. The van der Waals surface area contributed by atoms with Crippen LogP contribution >= 0.6 is 0 Å². The normalized spacial score (nSPS) is 21.0.